The molecule has 14 nitrogen and oxygen atoms in total. The third-order valence-corrected chi connectivity index (χ3v) is 11.3. The van der Waals surface area contributed by atoms with E-state index in [0.717, 1.165) is 36.8 Å². The van der Waals surface area contributed by atoms with Crippen molar-refractivity contribution in [1.29, 1.82) is 0 Å². The van der Waals surface area contributed by atoms with E-state index in [1.165, 1.54) is 11.3 Å². The molecule has 4 aromatic carbocycles. The molecule has 3 amide bonds. The number of ketones is 1. The number of Topliss-reactive ketones (excluding diaryl/α,β-unsaturated/α-hetero) is 1. The number of oxazole rings is 1. The topological polar surface area (TPSA) is 204 Å². The Kier molecular flexibility index (Phi) is 14.4. The number of aromatic nitrogens is 1. The lowest BCUT2D eigenvalue weighted by molar-refractivity contribution is -0.140. The highest BCUT2D eigenvalue weighted by atomic mass is 16.5. The molecule has 1 aliphatic carbocycles. The summed E-state index contributed by atoms with van der Waals surface area (Å²) in [5, 5.41) is 5.78. The number of nitrogens with zero attached hydrogens (tertiary/aromatic N) is 3. The van der Waals surface area contributed by atoms with Crippen molar-refractivity contribution < 1.29 is 33.1 Å². The molecule has 1 aliphatic heterocycles. The second-order valence-electron chi connectivity index (χ2n) is 15.8. The van der Waals surface area contributed by atoms with Gasteiger partial charge in [-0.3, -0.25) is 14.4 Å². The number of aliphatic imine (C=N–C) groups is 1. The zero-order valence-electron chi connectivity index (χ0n) is 34.1. The van der Waals surface area contributed by atoms with Gasteiger partial charge in [-0.05, 0) is 72.6 Å². The number of benzene rings is 4. The van der Waals surface area contributed by atoms with Crippen LogP contribution in [0.5, 0.6) is 0 Å². The van der Waals surface area contributed by atoms with E-state index in [4.69, 9.17) is 25.4 Å². The standard InChI is InChI=1S/C47H53N7O7/c48-46(49)50-35-23-20-32(21-24-35)26-39(42(55)44-52-37-18-10-11-19-41(37)61-44)51-43(56)40-27-36(59-29-33-14-6-2-7-15-33)28-54(40)45(57)38(25-22-31-12-4-1-5-13-31)53-47(58)60-30-34-16-8-3-9-17-34/h1,3-5,8-13,16-21,23-24,33,36,38-40H,2,6-7,14-15,22,25-30H2,(H,51,56)(H,53,58)(H4,48,49,50)/t36-,38-,39+,40+/m1/s1. The number of aryl methyl sites for hydroxylation is 1. The molecule has 1 saturated carbocycles. The maximum absolute atomic E-state index is 14.8. The highest BCUT2D eigenvalue weighted by molar-refractivity contribution is 6.01. The van der Waals surface area contributed by atoms with Crippen molar-refractivity contribution in [1.82, 2.24) is 20.5 Å². The molecule has 14 heteroatoms. The van der Waals surface area contributed by atoms with Crippen molar-refractivity contribution in [3.8, 4) is 0 Å². The summed E-state index contributed by atoms with van der Waals surface area (Å²) in [6.07, 6.45) is 5.44. The minimum atomic E-state index is -1.13. The van der Waals surface area contributed by atoms with Gasteiger partial charge >= 0.3 is 6.09 Å². The molecular formula is C47H53N7O7. The Morgan fingerprint density at radius 1 is 0.803 bits per heavy atom. The van der Waals surface area contributed by atoms with Crippen LogP contribution in [0.3, 0.4) is 0 Å². The first-order valence-corrected chi connectivity index (χ1v) is 21.0. The molecule has 0 radical (unpaired) electrons. The quantitative estimate of drug-likeness (QED) is 0.0479. The number of hydrogen-bond donors (Lipinski definition) is 4. The molecule has 0 unspecified atom stereocenters. The van der Waals surface area contributed by atoms with Crippen LogP contribution >= 0.6 is 0 Å². The normalized spacial score (nSPS) is 17.6. The number of alkyl carbamates (subject to hydrolysis) is 1. The third kappa shape index (κ3) is 11.8. The minimum absolute atomic E-state index is 0.0185. The van der Waals surface area contributed by atoms with Crippen LogP contribution in [0.2, 0.25) is 0 Å². The molecule has 6 N–H and O–H groups in total. The van der Waals surface area contributed by atoms with Crippen molar-refractivity contribution >= 4 is 46.4 Å². The molecular weight excluding hydrogens is 775 g/mol. The smallest absolute Gasteiger partial charge is 0.408 e. The van der Waals surface area contributed by atoms with Crippen molar-refractivity contribution in [2.45, 2.75) is 88.6 Å². The van der Waals surface area contributed by atoms with Gasteiger partial charge in [0.15, 0.2) is 11.5 Å². The molecule has 4 atom stereocenters. The maximum atomic E-state index is 14.8. The van der Waals surface area contributed by atoms with Gasteiger partial charge in [0.25, 0.3) is 5.89 Å². The number of hydrogen-bond acceptors (Lipinski definition) is 9. The van der Waals surface area contributed by atoms with E-state index in [-0.39, 0.29) is 44.3 Å². The van der Waals surface area contributed by atoms with E-state index in [0.29, 0.717) is 41.3 Å². The van der Waals surface area contributed by atoms with E-state index in [2.05, 4.69) is 20.6 Å². The number of likely N-dealkylation sites (tertiary alicyclic amines) is 1. The van der Waals surface area contributed by atoms with E-state index in [9.17, 15) is 19.2 Å². The summed E-state index contributed by atoms with van der Waals surface area (Å²) in [5.41, 5.74) is 15.1. The molecule has 2 fully saturated rings. The summed E-state index contributed by atoms with van der Waals surface area (Å²) in [4.78, 5) is 67.0. The highest BCUT2D eigenvalue weighted by Gasteiger charge is 2.44. The van der Waals surface area contributed by atoms with Crippen LogP contribution in [0.15, 0.2) is 119 Å². The van der Waals surface area contributed by atoms with E-state index in [1.807, 2.05) is 60.7 Å². The van der Waals surface area contributed by atoms with Gasteiger partial charge in [-0.25, -0.2) is 14.8 Å². The van der Waals surface area contributed by atoms with Crippen LogP contribution in [0, 0.1) is 5.92 Å². The van der Waals surface area contributed by atoms with Crippen LogP contribution in [0.25, 0.3) is 11.1 Å². The molecule has 0 spiro atoms. The Bertz CT molecular complexity index is 2240. The van der Waals surface area contributed by atoms with Gasteiger partial charge < -0.3 is 40.9 Å². The lowest BCUT2D eigenvalue weighted by atomic mass is 9.90. The van der Waals surface area contributed by atoms with Crippen LogP contribution in [-0.4, -0.2) is 76.9 Å². The predicted octanol–water partition coefficient (Wildman–Crippen LogP) is 6.14. The van der Waals surface area contributed by atoms with Crippen LogP contribution in [0.1, 0.15) is 72.3 Å². The maximum Gasteiger partial charge on any atom is 0.408 e. The largest absolute Gasteiger partial charge is 0.445 e. The van der Waals surface area contributed by atoms with E-state index >= 15 is 0 Å². The fourth-order valence-electron chi connectivity index (χ4n) is 8.05. The lowest BCUT2D eigenvalue weighted by Gasteiger charge is -2.29. The van der Waals surface area contributed by atoms with Crippen LogP contribution < -0.4 is 22.1 Å². The fraction of sp³-hybridized carbons (Fsp3) is 0.362. The van der Waals surface area contributed by atoms with E-state index < -0.39 is 47.9 Å². The summed E-state index contributed by atoms with van der Waals surface area (Å²) >= 11 is 0. The molecule has 7 rings (SSSR count). The highest BCUT2D eigenvalue weighted by Crippen LogP contribution is 2.28. The average molecular weight is 828 g/mol. The first-order chi connectivity index (χ1) is 29.7. The van der Waals surface area contributed by atoms with Crippen molar-refractivity contribution in [2.75, 3.05) is 13.2 Å². The van der Waals surface area contributed by atoms with Gasteiger partial charge in [-0.1, -0.05) is 104 Å². The first-order valence-electron chi connectivity index (χ1n) is 21.0. The SMILES string of the molecule is NC(N)=Nc1ccc(C[C@H](NC(=O)[C@@H]2C[C@@H](OCC3CCCCC3)CN2C(=O)[C@@H](CCc2ccccc2)NC(=O)OCc2ccccc2)C(=O)c2nc3ccccc3o2)cc1. The van der Waals surface area contributed by atoms with Gasteiger partial charge in [-0.15, -0.1) is 0 Å². The molecule has 318 valence electrons. The van der Waals surface area contributed by atoms with Crippen molar-refractivity contribution in [3.63, 3.8) is 0 Å². The Morgan fingerprint density at radius 2 is 1.49 bits per heavy atom. The number of para-hydroxylation sites is 2. The number of carbonyl (C=O) groups excluding carboxylic acids is 4. The minimum Gasteiger partial charge on any atom is -0.445 e. The number of amides is 3. The Morgan fingerprint density at radius 3 is 2.20 bits per heavy atom. The molecule has 61 heavy (non-hydrogen) atoms. The average Bonchev–Trinajstić information content (AvgIpc) is 3.93. The molecule has 1 saturated heterocycles. The number of nitrogens with one attached hydrogen (secondary N) is 2. The van der Waals surface area contributed by atoms with Gasteiger partial charge in [0.2, 0.25) is 17.6 Å². The van der Waals surface area contributed by atoms with Gasteiger partial charge in [-0.2, -0.15) is 0 Å². The summed E-state index contributed by atoms with van der Waals surface area (Å²) in [5.74, 6) is -1.38. The summed E-state index contributed by atoms with van der Waals surface area (Å²) in [6, 6.07) is 29.7. The van der Waals surface area contributed by atoms with Gasteiger partial charge in [0.1, 0.15) is 30.2 Å². The number of rotatable bonds is 17. The lowest BCUT2D eigenvalue weighted by Crippen LogP contribution is -2.55. The van der Waals surface area contributed by atoms with Crippen molar-refractivity contribution in [2.24, 2.45) is 22.4 Å². The monoisotopic (exact) mass is 827 g/mol. The first kappa shape index (κ1) is 42.6. The summed E-state index contributed by atoms with van der Waals surface area (Å²) in [6.45, 7) is 0.671. The second-order valence-corrected chi connectivity index (χ2v) is 15.8. The number of guanidine groups is 1. The second kappa shape index (κ2) is 20.6. The molecule has 5 aromatic rings. The summed E-state index contributed by atoms with van der Waals surface area (Å²) in [7, 11) is 0. The molecule has 2 aliphatic rings. The van der Waals surface area contributed by atoms with Crippen molar-refractivity contribution in [3.05, 3.63) is 132 Å². The molecule has 1 aromatic heterocycles. The Labute approximate surface area is 355 Å². The zero-order valence-corrected chi connectivity index (χ0v) is 34.1. The fourth-order valence-corrected chi connectivity index (χ4v) is 8.05. The summed E-state index contributed by atoms with van der Waals surface area (Å²) < 4.78 is 17.9. The Balaban J connectivity index is 1.14. The number of carbonyl (C=O) groups is 4. The Hall–Kier alpha value is -6.54. The van der Waals surface area contributed by atoms with Gasteiger partial charge in [0, 0.05) is 26.0 Å². The van der Waals surface area contributed by atoms with Crippen LogP contribution in [0.4, 0.5) is 10.5 Å². The van der Waals surface area contributed by atoms with Gasteiger partial charge in [0.05, 0.1) is 11.8 Å². The number of fused-ring (bicyclic) bond motifs is 1. The number of ether oxygens (including phenoxy) is 2. The van der Waals surface area contributed by atoms with E-state index in [1.54, 1.807) is 48.5 Å². The zero-order chi connectivity index (χ0) is 42.6. The predicted molar refractivity (Wildman–Crippen MR) is 231 cm³/mol. The third-order valence-electron chi connectivity index (χ3n) is 11.3. The number of nitrogens with two attached hydrogens (primary N) is 2. The van der Waals surface area contributed by atoms with Crippen LogP contribution in [-0.2, 0) is 38.5 Å². The molecule has 0 bridgehead atoms. The molecule has 2 heterocycles.